The van der Waals surface area contributed by atoms with E-state index >= 15 is 0 Å². The van der Waals surface area contributed by atoms with Gasteiger partial charge < -0.3 is 5.11 Å². The highest BCUT2D eigenvalue weighted by atomic mass is 16.3. The third-order valence-electron chi connectivity index (χ3n) is 4.46. The molecule has 1 fully saturated rings. The highest BCUT2D eigenvalue weighted by Crippen LogP contribution is 2.23. The minimum atomic E-state index is -0.282. The number of nitrogens with zero attached hydrogens (tertiary/aromatic N) is 3. The normalized spacial score (nSPS) is 22.1. The Labute approximate surface area is 131 Å². The molecule has 0 unspecified atom stereocenters. The van der Waals surface area contributed by atoms with E-state index in [1.165, 1.54) is 11.1 Å². The van der Waals surface area contributed by atoms with Gasteiger partial charge in [0.2, 0.25) is 0 Å². The second-order valence-electron chi connectivity index (χ2n) is 6.04. The highest BCUT2D eigenvalue weighted by molar-refractivity contribution is 5.27. The summed E-state index contributed by atoms with van der Waals surface area (Å²) in [5, 5.41) is 10.3. The van der Waals surface area contributed by atoms with Gasteiger partial charge in [0.05, 0.1) is 11.8 Å². The molecule has 2 heterocycles. The molecular formula is C18H23N3O. The SMILES string of the molecule is CCc1ccccc1CN1C[C@@H](Cc2cnccn2)[C@H](O)C1. The van der Waals surface area contributed by atoms with E-state index in [2.05, 4.69) is 46.1 Å². The minimum absolute atomic E-state index is 0.241. The molecule has 0 spiro atoms. The van der Waals surface area contributed by atoms with Crippen LogP contribution < -0.4 is 0 Å². The first-order chi connectivity index (χ1) is 10.8. The van der Waals surface area contributed by atoms with Crippen molar-refractivity contribution in [2.45, 2.75) is 32.4 Å². The molecule has 4 nitrogen and oxygen atoms in total. The molecule has 1 aromatic heterocycles. The van der Waals surface area contributed by atoms with Gasteiger partial charge in [-0.3, -0.25) is 14.9 Å². The predicted octanol–water partition coefficient (Wildman–Crippen LogP) is 2.07. The summed E-state index contributed by atoms with van der Waals surface area (Å²) in [5.41, 5.74) is 3.73. The average Bonchev–Trinajstić information content (AvgIpc) is 2.88. The molecule has 1 N–H and O–H groups in total. The van der Waals surface area contributed by atoms with E-state index in [9.17, 15) is 5.11 Å². The Morgan fingerprint density at radius 1 is 1.18 bits per heavy atom. The number of aliphatic hydroxyl groups excluding tert-OH is 1. The van der Waals surface area contributed by atoms with Gasteiger partial charge in [-0.2, -0.15) is 0 Å². The van der Waals surface area contributed by atoms with Gasteiger partial charge in [-0.1, -0.05) is 31.2 Å². The predicted molar refractivity (Wildman–Crippen MR) is 86.3 cm³/mol. The Balaban J connectivity index is 1.63. The maximum absolute atomic E-state index is 10.3. The molecule has 0 bridgehead atoms. The number of likely N-dealkylation sites (tertiary alicyclic amines) is 1. The summed E-state index contributed by atoms with van der Waals surface area (Å²) in [7, 11) is 0. The fourth-order valence-corrected chi connectivity index (χ4v) is 3.27. The topological polar surface area (TPSA) is 49.2 Å². The van der Waals surface area contributed by atoms with Crippen LogP contribution in [0.3, 0.4) is 0 Å². The lowest BCUT2D eigenvalue weighted by Gasteiger charge is -2.17. The van der Waals surface area contributed by atoms with Crippen molar-refractivity contribution in [2.24, 2.45) is 5.92 Å². The molecule has 1 aliphatic heterocycles. The molecule has 3 rings (SSSR count). The molecule has 0 saturated carbocycles. The van der Waals surface area contributed by atoms with Crippen LogP contribution >= 0.6 is 0 Å². The smallest absolute Gasteiger partial charge is 0.0711 e. The fourth-order valence-electron chi connectivity index (χ4n) is 3.27. The van der Waals surface area contributed by atoms with E-state index in [1.54, 1.807) is 18.6 Å². The summed E-state index contributed by atoms with van der Waals surface area (Å²) in [6.45, 7) is 4.76. The summed E-state index contributed by atoms with van der Waals surface area (Å²) < 4.78 is 0. The lowest BCUT2D eigenvalue weighted by Crippen LogP contribution is -2.22. The largest absolute Gasteiger partial charge is 0.391 e. The van der Waals surface area contributed by atoms with Crippen molar-refractivity contribution in [3.63, 3.8) is 0 Å². The van der Waals surface area contributed by atoms with E-state index < -0.39 is 0 Å². The number of β-amino-alcohol motifs (C(OH)–C–C–N with tert-alkyl or cyclic N) is 1. The van der Waals surface area contributed by atoms with E-state index in [0.717, 1.165) is 38.2 Å². The summed E-state index contributed by atoms with van der Waals surface area (Å²) in [6, 6.07) is 8.58. The second-order valence-corrected chi connectivity index (χ2v) is 6.04. The van der Waals surface area contributed by atoms with Crippen LogP contribution in [0.25, 0.3) is 0 Å². The van der Waals surface area contributed by atoms with Gasteiger partial charge in [0.25, 0.3) is 0 Å². The van der Waals surface area contributed by atoms with Crippen molar-refractivity contribution < 1.29 is 5.11 Å². The number of hydrogen-bond acceptors (Lipinski definition) is 4. The van der Waals surface area contributed by atoms with E-state index in [0.29, 0.717) is 0 Å². The average molecular weight is 297 g/mol. The Morgan fingerprint density at radius 3 is 2.73 bits per heavy atom. The Morgan fingerprint density at radius 2 is 2.00 bits per heavy atom. The van der Waals surface area contributed by atoms with E-state index in [-0.39, 0.29) is 12.0 Å². The monoisotopic (exact) mass is 297 g/mol. The zero-order valence-corrected chi connectivity index (χ0v) is 13.0. The fraction of sp³-hybridized carbons (Fsp3) is 0.444. The molecule has 2 atom stereocenters. The van der Waals surface area contributed by atoms with Crippen molar-refractivity contribution in [2.75, 3.05) is 13.1 Å². The number of benzene rings is 1. The molecule has 1 aliphatic rings. The molecule has 22 heavy (non-hydrogen) atoms. The zero-order chi connectivity index (χ0) is 15.4. The van der Waals surface area contributed by atoms with Gasteiger partial charge in [0.15, 0.2) is 0 Å². The van der Waals surface area contributed by atoms with Gasteiger partial charge in [0.1, 0.15) is 0 Å². The number of hydrogen-bond donors (Lipinski definition) is 1. The van der Waals surface area contributed by atoms with Crippen LogP contribution in [0.2, 0.25) is 0 Å². The van der Waals surface area contributed by atoms with Crippen LogP contribution in [-0.4, -0.2) is 39.2 Å². The van der Waals surface area contributed by atoms with Gasteiger partial charge in [0, 0.05) is 44.1 Å². The molecule has 0 aliphatic carbocycles. The van der Waals surface area contributed by atoms with Crippen LogP contribution in [0.5, 0.6) is 0 Å². The lowest BCUT2D eigenvalue weighted by atomic mass is 10.0. The molecular weight excluding hydrogens is 274 g/mol. The summed E-state index contributed by atoms with van der Waals surface area (Å²) >= 11 is 0. The maximum Gasteiger partial charge on any atom is 0.0711 e. The summed E-state index contributed by atoms with van der Waals surface area (Å²) in [6.07, 6.45) is 6.75. The standard InChI is InChI=1S/C18H23N3O/c1-2-14-5-3-4-6-15(14)11-21-12-16(18(22)13-21)9-17-10-19-7-8-20-17/h3-8,10,16,18,22H,2,9,11-13H2,1H3/t16-,18-/m1/s1. The van der Waals surface area contributed by atoms with Gasteiger partial charge >= 0.3 is 0 Å². The molecule has 2 aromatic rings. The first-order valence-electron chi connectivity index (χ1n) is 7.98. The van der Waals surface area contributed by atoms with Crippen LogP contribution in [0, 0.1) is 5.92 Å². The van der Waals surface area contributed by atoms with Crippen LogP contribution in [-0.2, 0) is 19.4 Å². The van der Waals surface area contributed by atoms with Crippen LogP contribution in [0.1, 0.15) is 23.7 Å². The Kier molecular flexibility index (Phi) is 4.80. The minimum Gasteiger partial charge on any atom is -0.391 e. The second kappa shape index (κ2) is 6.99. The van der Waals surface area contributed by atoms with Crippen molar-refractivity contribution in [3.8, 4) is 0 Å². The lowest BCUT2D eigenvalue weighted by molar-refractivity contribution is 0.140. The van der Waals surface area contributed by atoms with Crippen molar-refractivity contribution in [1.82, 2.24) is 14.9 Å². The third-order valence-corrected chi connectivity index (χ3v) is 4.46. The molecule has 1 aromatic carbocycles. The number of rotatable bonds is 5. The molecule has 0 amide bonds. The van der Waals surface area contributed by atoms with Crippen molar-refractivity contribution in [1.29, 1.82) is 0 Å². The molecule has 1 saturated heterocycles. The molecule has 116 valence electrons. The molecule has 0 radical (unpaired) electrons. The quantitative estimate of drug-likeness (QED) is 0.918. The van der Waals surface area contributed by atoms with Gasteiger partial charge in [-0.05, 0) is 24.0 Å². The van der Waals surface area contributed by atoms with Gasteiger partial charge in [-0.25, -0.2) is 0 Å². The highest BCUT2D eigenvalue weighted by Gasteiger charge is 2.31. The number of aliphatic hydroxyl groups is 1. The van der Waals surface area contributed by atoms with Crippen molar-refractivity contribution in [3.05, 3.63) is 59.7 Å². The summed E-state index contributed by atoms with van der Waals surface area (Å²) in [4.78, 5) is 10.8. The third kappa shape index (κ3) is 3.51. The Bertz CT molecular complexity index is 602. The van der Waals surface area contributed by atoms with E-state index in [1.807, 2.05) is 0 Å². The zero-order valence-electron chi connectivity index (χ0n) is 13.0. The van der Waals surface area contributed by atoms with Crippen LogP contribution in [0.15, 0.2) is 42.9 Å². The Hall–Kier alpha value is -1.78. The maximum atomic E-state index is 10.3. The van der Waals surface area contributed by atoms with Crippen LogP contribution in [0.4, 0.5) is 0 Å². The van der Waals surface area contributed by atoms with Gasteiger partial charge in [-0.15, -0.1) is 0 Å². The first-order valence-corrected chi connectivity index (χ1v) is 7.98. The molecule has 4 heteroatoms. The van der Waals surface area contributed by atoms with E-state index in [4.69, 9.17) is 0 Å². The number of aryl methyl sites for hydroxylation is 1. The summed E-state index contributed by atoms with van der Waals surface area (Å²) in [5.74, 6) is 0.241. The first kappa shape index (κ1) is 15.1. The van der Waals surface area contributed by atoms with Crippen molar-refractivity contribution >= 4 is 0 Å². The number of aromatic nitrogens is 2.